The first-order chi connectivity index (χ1) is 10.2. The van der Waals surface area contributed by atoms with Gasteiger partial charge in [-0.1, -0.05) is 5.16 Å². The quantitative estimate of drug-likeness (QED) is 0.731. The Labute approximate surface area is 125 Å². The summed E-state index contributed by atoms with van der Waals surface area (Å²) in [6.07, 6.45) is 2.13. The third kappa shape index (κ3) is 4.49. The van der Waals surface area contributed by atoms with Crippen molar-refractivity contribution in [3.8, 4) is 5.75 Å². The minimum atomic E-state index is 0.477. The molecule has 1 aromatic carbocycles. The fourth-order valence-corrected chi connectivity index (χ4v) is 2.03. The van der Waals surface area contributed by atoms with E-state index in [4.69, 9.17) is 15.0 Å². The Kier molecular flexibility index (Phi) is 5.63. The van der Waals surface area contributed by atoms with Crippen molar-refractivity contribution in [1.29, 1.82) is 0 Å². The molecule has 0 radical (unpaired) electrons. The van der Waals surface area contributed by atoms with Gasteiger partial charge in [0.2, 0.25) is 0 Å². The van der Waals surface area contributed by atoms with Crippen molar-refractivity contribution in [1.82, 2.24) is 5.16 Å². The van der Waals surface area contributed by atoms with Crippen molar-refractivity contribution < 1.29 is 9.26 Å². The van der Waals surface area contributed by atoms with E-state index < -0.39 is 0 Å². The molecule has 0 fully saturated rings. The Morgan fingerprint density at radius 3 is 2.57 bits per heavy atom. The summed E-state index contributed by atoms with van der Waals surface area (Å²) >= 11 is 0. The number of anilines is 1. The molecule has 1 aromatic heterocycles. The van der Waals surface area contributed by atoms with Gasteiger partial charge in [-0.3, -0.25) is 0 Å². The van der Waals surface area contributed by atoms with Crippen LogP contribution in [0.2, 0.25) is 0 Å². The predicted molar refractivity (Wildman–Crippen MR) is 83.5 cm³/mol. The third-order valence-electron chi connectivity index (χ3n) is 3.38. The fourth-order valence-electron chi connectivity index (χ4n) is 2.03. The molecule has 1 heterocycles. The molecule has 0 unspecified atom stereocenters. The number of benzene rings is 1. The van der Waals surface area contributed by atoms with Crippen molar-refractivity contribution in [3.63, 3.8) is 0 Å². The Hall–Kier alpha value is -2.01. The van der Waals surface area contributed by atoms with E-state index in [0.717, 1.165) is 54.4 Å². The van der Waals surface area contributed by atoms with Crippen LogP contribution in [0.5, 0.6) is 5.75 Å². The Bertz CT molecular complexity index is 530. The maximum absolute atomic E-state index is 5.77. The van der Waals surface area contributed by atoms with Crippen LogP contribution in [0.1, 0.15) is 29.9 Å². The van der Waals surface area contributed by atoms with Gasteiger partial charge in [0.1, 0.15) is 18.1 Å². The average molecular weight is 289 g/mol. The number of nitrogens with zero attached hydrogens (tertiary/aromatic N) is 1. The van der Waals surface area contributed by atoms with Gasteiger partial charge < -0.3 is 20.3 Å². The van der Waals surface area contributed by atoms with Crippen LogP contribution in [0.4, 0.5) is 5.69 Å². The highest BCUT2D eigenvalue weighted by atomic mass is 16.5. The van der Waals surface area contributed by atoms with Crippen LogP contribution < -0.4 is 15.8 Å². The number of hydrogen-bond donors (Lipinski definition) is 2. The van der Waals surface area contributed by atoms with Crippen LogP contribution in [-0.4, -0.2) is 18.2 Å². The van der Waals surface area contributed by atoms with Gasteiger partial charge in [-0.25, -0.2) is 0 Å². The summed E-state index contributed by atoms with van der Waals surface area (Å²) in [5.41, 5.74) is 8.45. The molecule has 3 N–H and O–H groups in total. The molecule has 0 aliphatic rings. The molecule has 2 aromatic rings. The minimum absolute atomic E-state index is 0.477. The number of aromatic nitrogens is 1. The molecule has 0 atom stereocenters. The summed E-state index contributed by atoms with van der Waals surface area (Å²) in [4.78, 5) is 0. The Balaban J connectivity index is 1.82. The van der Waals surface area contributed by atoms with E-state index in [9.17, 15) is 0 Å². The SMILES string of the molecule is Cc1noc(C)c1COc1ccc(NCCCCN)cc1. The second kappa shape index (κ2) is 7.69. The Morgan fingerprint density at radius 2 is 1.95 bits per heavy atom. The van der Waals surface area contributed by atoms with Gasteiger partial charge in [0.15, 0.2) is 0 Å². The first-order valence-corrected chi connectivity index (χ1v) is 7.29. The van der Waals surface area contributed by atoms with Crippen LogP contribution in [0.3, 0.4) is 0 Å². The highest BCUT2D eigenvalue weighted by Gasteiger charge is 2.09. The van der Waals surface area contributed by atoms with Crippen molar-refractivity contribution in [2.24, 2.45) is 5.73 Å². The summed E-state index contributed by atoms with van der Waals surface area (Å²) in [6, 6.07) is 7.96. The highest BCUT2D eigenvalue weighted by molar-refractivity contribution is 5.46. The number of nitrogens with two attached hydrogens (primary N) is 1. The van der Waals surface area contributed by atoms with Crippen molar-refractivity contribution >= 4 is 5.69 Å². The van der Waals surface area contributed by atoms with Crippen LogP contribution >= 0.6 is 0 Å². The molecule has 0 spiro atoms. The maximum atomic E-state index is 5.77. The number of ether oxygens (including phenoxy) is 1. The van der Waals surface area contributed by atoms with Crippen LogP contribution in [0.15, 0.2) is 28.8 Å². The lowest BCUT2D eigenvalue weighted by Gasteiger charge is -2.08. The number of unbranched alkanes of at least 4 members (excludes halogenated alkanes) is 1. The van der Waals surface area contributed by atoms with E-state index in [0.29, 0.717) is 6.61 Å². The van der Waals surface area contributed by atoms with Gasteiger partial charge in [0.05, 0.1) is 11.3 Å². The highest BCUT2D eigenvalue weighted by Crippen LogP contribution is 2.19. The van der Waals surface area contributed by atoms with Crippen LogP contribution in [0, 0.1) is 13.8 Å². The molecule has 0 aliphatic heterocycles. The van der Waals surface area contributed by atoms with E-state index in [1.807, 2.05) is 38.1 Å². The summed E-state index contributed by atoms with van der Waals surface area (Å²) < 4.78 is 10.9. The number of rotatable bonds is 8. The van der Waals surface area contributed by atoms with Crippen molar-refractivity contribution in [3.05, 3.63) is 41.3 Å². The molecule has 5 heteroatoms. The molecule has 5 nitrogen and oxygen atoms in total. The van der Waals surface area contributed by atoms with Gasteiger partial charge in [0.25, 0.3) is 0 Å². The van der Waals surface area contributed by atoms with E-state index in [2.05, 4.69) is 10.5 Å². The number of aryl methyl sites for hydroxylation is 2. The Morgan fingerprint density at radius 1 is 1.19 bits per heavy atom. The van der Waals surface area contributed by atoms with Crippen molar-refractivity contribution in [2.75, 3.05) is 18.4 Å². The van der Waals surface area contributed by atoms with E-state index >= 15 is 0 Å². The average Bonchev–Trinajstić information content (AvgIpc) is 2.82. The number of nitrogens with one attached hydrogen (secondary N) is 1. The molecule has 2 rings (SSSR count). The van der Waals surface area contributed by atoms with Gasteiger partial charge in [-0.05, 0) is 57.5 Å². The first kappa shape index (κ1) is 15.4. The monoisotopic (exact) mass is 289 g/mol. The zero-order valence-corrected chi connectivity index (χ0v) is 12.7. The molecular formula is C16H23N3O2. The fraction of sp³-hybridized carbons (Fsp3) is 0.438. The first-order valence-electron chi connectivity index (χ1n) is 7.29. The lowest BCUT2D eigenvalue weighted by molar-refractivity contribution is 0.302. The van der Waals surface area contributed by atoms with Crippen LogP contribution in [-0.2, 0) is 6.61 Å². The predicted octanol–water partition coefficient (Wildman–Crippen LogP) is 3.02. The lowest BCUT2D eigenvalue weighted by atomic mass is 10.2. The molecule has 0 bridgehead atoms. The zero-order valence-electron chi connectivity index (χ0n) is 12.7. The van der Waals surface area contributed by atoms with E-state index in [1.54, 1.807) is 0 Å². The summed E-state index contributed by atoms with van der Waals surface area (Å²) in [6.45, 7) is 5.98. The second-order valence-corrected chi connectivity index (χ2v) is 5.04. The summed E-state index contributed by atoms with van der Waals surface area (Å²) in [7, 11) is 0. The zero-order chi connectivity index (χ0) is 15.1. The van der Waals surface area contributed by atoms with Gasteiger partial charge in [0, 0.05) is 12.2 Å². The van der Waals surface area contributed by atoms with Gasteiger partial charge in [-0.2, -0.15) is 0 Å². The van der Waals surface area contributed by atoms with Gasteiger partial charge >= 0.3 is 0 Å². The topological polar surface area (TPSA) is 73.3 Å². The summed E-state index contributed by atoms with van der Waals surface area (Å²) in [5.74, 6) is 1.65. The molecule has 0 saturated heterocycles. The largest absolute Gasteiger partial charge is 0.489 e. The molecule has 0 saturated carbocycles. The van der Waals surface area contributed by atoms with E-state index in [-0.39, 0.29) is 0 Å². The number of hydrogen-bond acceptors (Lipinski definition) is 5. The summed E-state index contributed by atoms with van der Waals surface area (Å²) in [5, 5.41) is 7.28. The molecule has 21 heavy (non-hydrogen) atoms. The smallest absolute Gasteiger partial charge is 0.140 e. The molecular weight excluding hydrogens is 266 g/mol. The van der Waals surface area contributed by atoms with Crippen molar-refractivity contribution in [2.45, 2.75) is 33.3 Å². The maximum Gasteiger partial charge on any atom is 0.140 e. The molecule has 0 amide bonds. The van der Waals surface area contributed by atoms with Gasteiger partial charge in [-0.15, -0.1) is 0 Å². The minimum Gasteiger partial charge on any atom is -0.489 e. The third-order valence-corrected chi connectivity index (χ3v) is 3.38. The van der Waals surface area contributed by atoms with E-state index in [1.165, 1.54) is 0 Å². The lowest BCUT2D eigenvalue weighted by Crippen LogP contribution is -2.05. The second-order valence-electron chi connectivity index (χ2n) is 5.04. The molecule has 0 aliphatic carbocycles. The molecule has 114 valence electrons. The standard InChI is InChI=1S/C16H23N3O2/c1-12-16(13(2)21-19-12)11-20-15-7-5-14(6-8-15)18-10-4-3-9-17/h5-8,18H,3-4,9-11,17H2,1-2H3. The normalized spacial score (nSPS) is 10.6. The van der Waals surface area contributed by atoms with Crippen LogP contribution in [0.25, 0.3) is 0 Å².